The van der Waals surface area contributed by atoms with Gasteiger partial charge in [0.1, 0.15) is 5.82 Å². The molecule has 0 aliphatic carbocycles. The van der Waals surface area contributed by atoms with Gasteiger partial charge in [0.15, 0.2) is 0 Å². The van der Waals surface area contributed by atoms with E-state index in [1.54, 1.807) is 6.07 Å². The molecule has 0 bridgehead atoms. The van der Waals surface area contributed by atoms with Gasteiger partial charge in [0.2, 0.25) is 0 Å². The lowest BCUT2D eigenvalue weighted by Crippen LogP contribution is -2.00. The Morgan fingerprint density at radius 1 is 1.46 bits per heavy atom. The molecular weight excluding hydrogens is 167 g/mol. The maximum atomic E-state index is 12.8. The molecule has 0 radical (unpaired) electrons. The van der Waals surface area contributed by atoms with Crippen molar-refractivity contribution in [2.24, 2.45) is 0 Å². The Morgan fingerprint density at radius 2 is 2.15 bits per heavy atom. The van der Waals surface area contributed by atoms with Crippen molar-refractivity contribution in [3.63, 3.8) is 0 Å². The van der Waals surface area contributed by atoms with Gasteiger partial charge in [0.05, 0.1) is 6.10 Å². The van der Waals surface area contributed by atoms with E-state index in [4.69, 9.17) is 0 Å². The lowest BCUT2D eigenvalue weighted by Gasteiger charge is -2.12. The standard InChI is InChI=1S/C11H15FO/c1-3-4-11(13)10-7-9(12)6-5-8(10)2/h5-7,11,13H,3-4H2,1-2H3/t11-/m1/s1. The Balaban J connectivity index is 2.91. The second-order valence-electron chi connectivity index (χ2n) is 3.31. The third-order valence-corrected chi connectivity index (χ3v) is 2.16. The summed E-state index contributed by atoms with van der Waals surface area (Å²) in [6, 6.07) is 4.52. The summed E-state index contributed by atoms with van der Waals surface area (Å²) in [5.74, 6) is -0.282. The van der Waals surface area contributed by atoms with Crippen molar-refractivity contribution in [2.45, 2.75) is 32.8 Å². The predicted octanol–water partition coefficient (Wildman–Crippen LogP) is 2.97. The molecule has 1 aromatic rings. The minimum Gasteiger partial charge on any atom is -0.388 e. The molecule has 0 spiro atoms. The number of halogens is 1. The monoisotopic (exact) mass is 182 g/mol. The Labute approximate surface area is 78.2 Å². The van der Waals surface area contributed by atoms with Gasteiger partial charge in [-0.3, -0.25) is 0 Å². The predicted molar refractivity (Wildman–Crippen MR) is 51.0 cm³/mol. The van der Waals surface area contributed by atoms with E-state index < -0.39 is 6.10 Å². The highest BCUT2D eigenvalue weighted by Crippen LogP contribution is 2.22. The van der Waals surface area contributed by atoms with Crippen molar-refractivity contribution in [1.29, 1.82) is 0 Å². The van der Waals surface area contributed by atoms with Crippen LogP contribution >= 0.6 is 0 Å². The summed E-state index contributed by atoms with van der Waals surface area (Å²) >= 11 is 0. The minimum atomic E-state index is -0.527. The molecule has 13 heavy (non-hydrogen) atoms. The van der Waals surface area contributed by atoms with Gasteiger partial charge in [-0.15, -0.1) is 0 Å². The SMILES string of the molecule is CCC[C@@H](O)c1cc(F)ccc1C. The smallest absolute Gasteiger partial charge is 0.123 e. The van der Waals surface area contributed by atoms with E-state index in [-0.39, 0.29) is 5.82 Å². The van der Waals surface area contributed by atoms with Gasteiger partial charge >= 0.3 is 0 Å². The van der Waals surface area contributed by atoms with Crippen LogP contribution in [-0.4, -0.2) is 5.11 Å². The molecule has 0 unspecified atom stereocenters. The summed E-state index contributed by atoms with van der Waals surface area (Å²) in [6.45, 7) is 3.88. The first-order valence-electron chi connectivity index (χ1n) is 4.59. The number of rotatable bonds is 3. The highest BCUT2D eigenvalue weighted by atomic mass is 19.1. The second-order valence-corrected chi connectivity index (χ2v) is 3.31. The van der Waals surface area contributed by atoms with E-state index in [9.17, 15) is 9.50 Å². The van der Waals surface area contributed by atoms with E-state index in [0.29, 0.717) is 12.0 Å². The molecule has 1 atom stereocenters. The van der Waals surface area contributed by atoms with Crippen LogP contribution < -0.4 is 0 Å². The highest BCUT2D eigenvalue weighted by molar-refractivity contribution is 5.28. The largest absolute Gasteiger partial charge is 0.388 e. The number of hydrogen-bond acceptors (Lipinski definition) is 1. The van der Waals surface area contributed by atoms with E-state index in [1.165, 1.54) is 12.1 Å². The number of hydrogen-bond donors (Lipinski definition) is 1. The fraction of sp³-hybridized carbons (Fsp3) is 0.455. The summed E-state index contributed by atoms with van der Waals surface area (Å²) in [6.07, 6.45) is 1.06. The Morgan fingerprint density at radius 3 is 2.77 bits per heavy atom. The normalized spacial score (nSPS) is 12.9. The second kappa shape index (κ2) is 4.38. The molecule has 0 aliphatic rings. The quantitative estimate of drug-likeness (QED) is 0.762. The van der Waals surface area contributed by atoms with Crippen molar-refractivity contribution in [2.75, 3.05) is 0 Å². The molecule has 1 nitrogen and oxygen atoms in total. The molecule has 72 valence electrons. The van der Waals surface area contributed by atoms with Crippen molar-refractivity contribution < 1.29 is 9.50 Å². The zero-order valence-electron chi connectivity index (χ0n) is 8.05. The molecule has 1 aromatic carbocycles. The van der Waals surface area contributed by atoms with Crippen LogP contribution in [0.3, 0.4) is 0 Å². The molecule has 0 saturated heterocycles. The highest BCUT2D eigenvalue weighted by Gasteiger charge is 2.09. The number of aliphatic hydroxyl groups excluding tert-OH is 1. The summed E-state index contributed by atoms with van der Waals surface area (Å²) in [5.41, 5.74) is 1.66. The first kappa shape index (κ1) is 10.2. The third-order valence-electron chi connectivity index (χ3n) is 2.16. The zero-order valence-corrected chi connectivity index (χ0v) is 8.05. The molecule has 0 amide bonds. The number of aliphatic hydroxyl groups is 1. The Kier molecular flexibility index (Phi) is 3.43. The molecular formula is C11H15FO. The van der Waals surface area contributed by atoms with Crippen LogP contribution in [-0.2, 0) is 0 Å². The zero-order chi connectivity index (χ0) is 9.84. The van der Waals surface area contributed by atoms with Gasteiger partial charge in [-0.1, -0.05) is 19.4 Å². The van der Waals surface area contributed by atoms with Crippen molar-refractivity contribution >= 4 is 0 Å². The van der Waals surface area contributed by atoms with Crippen LogP contribution in [0, 0.1) is 12.7 Å². The topological polar surface area (TPSA) is 20.2 Å². The van der Waals surface area contributed by atoms with E-state index in [1.807, 2.05) is 13.8 Å². The maximum absolute atomic E-state index is 12.8. The molecule has 0 fully saturated rings. The Hall–Kier alpha value is -0.890. The first-order valence-corrected chi connectivity index (χ1v) is 4.59. The number of aryl methyl sites for hydroxylation is 1. The summed E-state index contributed by atoms with van der Waals surface area (Å²) in [5, 5.41) is 9.66. The Bertz CT molecular complexity index is 283. The lowest BCUT2D eigenvalue weighted by molar-refractivity contribution is 0.165. The van der Waals surface area contributed by atoms with Gasteiger partial charge < -0.3 is 5.11 Å². The molecule has 0 aliphatic heterocycles. The molecule has 1 rings (SSSR count). The van der Waals surface area contributed by atoms with Crippen LogP contribution in [0.1, 0.15) is 37.0 Å². The maximum Gasteiger partial charge on any atom is 0.123 e. The summed E-state index contributed by atoms with van der Waals surface area (Å²) < 4.78 is 12.8. The van der Waals surface area contributed by atoms with Crippen LogP contribution in [0.25, 0.3) is 0 Å². The van der Waals surface area contributed by atoms with Crippen molar-refractivity contribution in [1.82, 2.24) is 0 Å². The molecule has 0 aromatic heterocycles. The molecule has 2 heteroatoms. The first-order chi connectivity index (χ1) is 6.15. The van der Waals surface area contributed by atoms with Gasteiger partial charge in [-0.25, -0.2) is 4.39 Å². The van der Waals surface area contributed by atoms with Crippen molar-refractivity contribution in [3.05, 3.63) is 35.1 Å². The average Bonchev–Trinajstić information content (AvgIpc) is 2.09. The van der Waals surface area contributed by atoms with E-state index in [2.05, 4.69) is 0 Å². The van der Waals surface area contributed by atoms with Crippen LogP contribution in [0.2, 0.25) is 0 Å². The lowest BCUT2D eigenvalue weighted by atomic mass is 10.0. The molecule has 0 heterocycles. The van der Waals surface area contributed by atoms with Crippen molar-refractivity contribution in [3.8, 4) is 0 Å². The van der Waals surface area contributed by atoms with Gasteiger partial charge in [-0.2, -0.15) is 0 Å². The van der Waals surface area contributed by atoms with E-state index in [0.717, 1.165) is 12.0 Å². The molecule has 1 N–H and O–H groups in total. The van der Waals surface area contributed by atoms with Crippen LogP contribution in [0.4, 0.5) is 4.39 Å². The minimum absolute atomic E-state index is 0.282. The fourth-order valence-corrected chi connectivity index (χ4v) is 1.40. The average molecular weight is 182 g/mol. The van der Waals surface area contributed by atoms with Crippen LogP contribution in [0.15, 0.2) is 18.2 Å². The third kappa shape index (κ3) is 2.52. The fourth-order valence-electron chi connectivity index (χ4n) is 1.40. The van der Waals surface area contributed by atoms with E-state index >= 15 is 0 Å². The van der Waals surface area contributed by atoms with Gasteiger partial charge in [-0.05, 0) is 36.6 Å². The van der Waals surface area contributed by atoms with Gasteiger partial charge in [0, 0.05) is 0 Å². The summed E-state index contributed by atoms with van der Waals surface area (Å²) in [7, 11) is 0. The van der Waals surface area contributed by atoms with Gasteiger partial charge in [0.25, 0.3) is 0 Å². The van der Waals surface area contributed by atoms with Crippen LogP contribution in [0.5, 0.6) is 0 Å². The number of benzene rings is 1. The molecule has 0 saturated carbocycles. The summed E-state index contributed by atoms with van der Waals surface area (Å²) in [4.78, 5) is 0.